The van der Waals surface area contributed by atoms with Gasteiger partial charge in [-0.25, -0.2) is 8.42 Å². The summed E-state index contributed by atoms with van der Waals surface area (Å²) in [6.45, 7) is 7.54. The number of hydrogen-bond acceptors (Lipinski definition) is 3. The Morgan fingerprint density at radius 3 is 2.14 bits per heavy atom. The van der Waals surface area contributed by atoms with E-state index in [1.807, 2.05) is 4.90 Å². The Morgan fingerprint density at radius 2 is 1.68 bits per heavy atom. The van der Waals surface area contributed by atoms with Crippen LogP contribution in [0.4, 0.5) is 13.2 Å². The zero-order chi connectivity index (χ0) is 17.2. The molecular formula is C14H28F3NO3S. The van der Waals surface area contributed by atoms with Gasteiger partial charge in [-0.1, -0.05) is 33.1 Å². The van der Waals surface area contributed by atoms with Crippen molar-refractivity contribution in [1.82, 2.24) is 0 Å². The maximum Gasteiger partial charge on any atom is 0.485 e. The fourth-order valence-electron chi connectivity index (χ4n) is 2.76. The molecule has 0 aromatic heterocycles. The van der Waals surface area contributed by atoms with Gasteiger partial charge in [-0.3, -0.25) is 0 Å². The van der Waals surface area contributed by atoms with Gasteiger partial charge in [-0.15, -0.1) is 0 Å². The van der Waals surface area contributed by atoms with Crippen LogP contribution in [0.5, 0.6) is 0 Å². The third-order valence-electron chi connectivity index (χ3n) is 4.01. The topological polar surface area (TPSA) is 61.6 Å². The largest absolute Gasteiger partial charge is 0.741 e. The average molecular weight is 347 g/mol. The summed E-state index contributed by atoms with van der Waals surface area (Å²) in [6.07, 6.45) is 11.6. The summed E-state index contributed by atoms with van der Waals surface area (Å²) >= 11 is 0. The van der Waals surface area contributed by atoms with E-state index in [1.54, 1.807) is 0 Å². The first kappa shape index (κ1) is 21.7. The average Bonchev–Trinajstić information content (AvgIpc) is 2.84. The summed E-state index contributed by atoms with van der Waals surface area (Å²) in [5.41, 5.74) is -5.65. The van der Waals surface area contributed by atoms with E-state index < -0.39 is 15.6 Å². The lowest BCUT2D eigenvalue weighted by Crippen LogP contribution is -3.13. The lowest BCUT2D eigenvalue weighted by molar-refractivity contribution is -0.912. The molecule has 1 N–H and O–H groups in total. The first-order valence-electron chi connectivity index (χ1n) is 8.00. The molecule has 0 amide bonds. The molecular weight excluding hydrogens is 319 g/mol. The Balaban J connectivity index is 0.000000472. The Kier molecular flexibility index (Phi) is 10.3. The van der Waals surface area contributed by atoms with Crippen molar-refractivity contribution >= 4 is 10.1 Å². The van der Waals surface area contributed by atoms with Gasteiger partial charge < -0.3 is 9.45 Å². The van der Waals surface area contributed by atoms with E-state index in [2.05, 4.69) is 13.8 Å². The van der Waals surface area contributed by atoms with E-state index in [4.69, 9.17) is 13.0 Å². The van der Waals surface area contributed by atoms with E-state index in [1.165, 1.54) is 64.5 Å². The number of alkyl halides is 3. The SMILES string of the molecule is CCCCCCC[NH+]1CCCC1CC.O=S(=O)([O-])C(F)(F)F. The molecule has 2 atom stereocenters. The number of hydrogen-bond donors (Lipinski definition) is 1. The molecule has 2 unspecified atom stereocenters. The number of quaternary nitrogens is 1. The molecule has 0 spiro atoms. The normalized spacial score (nSPS) is 22.3. The minimum absolute atomic E-state index is 1.00. The monoisotopic (exact) mass is 347 g/mol. The van der Waals surface area contributed by atoms with Crippen LogP contribution < -0.4 is 4.90 Å². The number of unbranched alkanes of at least 4 members (excludes halogenated alkanes) is 4. The van der Waals surface area contributed by atoms with Crippen LogP contribution in [0.1, 0.15) is 65.2 Å². The van der Waals surface area contributed by atoms with Crippen LogP contribution >= 0.6 is 0 Å². The van der Waals surface area contributed by atoms with Crippen LogP contribution in [0, 0.1) is 0 Å². The molecule has 0 radical (unpaired) electrons. The fraction of sp³-hybridized carbons (Fsp3) is 1.00. The van der Waals surface area contributed by atoms with E-state index in [0.717, 1.165) is 6.04 Å². The maximum atomic E-state index is 10.7. The molecule has 0 bridgehead atoms. The van der Waals surface area contributed by atoms with E-state index in [0.29, 0.717) is 0 Å². The molecule has 1 heterocycles. The molecule has 1 rings (SSSR count). The first-order chi connectivity index (χ1) is 10.1. The van der Waals surface area contributed by atoms with Crippen molar-refractivity contribution in [3.8, 4) is 0 Å². The highest BCUT2D eigenvalue weighted by molar-refractivity contribution is 7.86. The molecule has 0 saturated carbocycles. The number of nitrogens with one attached hydrogen (secondary N) is 1. The van der Waals surface area contributed by atoms with Crippen molar-refractivity contribution in [1.29, 1.82) is 0 Å². The van der Waals surface area contributed by atoms with Gasteiger partial charge in [-0.2, -0.15) is 13.2 Å². The summed E-state index contributed by atoms with van der Waals surface area (Å²) in [4.78, 5) is 1.91. The highest BCUT2D eigenvalue weighted by Crippen LogP contribution is 2.20. The molecule has 0 aromatic rings. The second-order valence-electron chi connectivity index (χ2n) is 5.72. The molecule has 0 aromatic carbocycles. The smallest absolute Gasteiger partial charge is 0.485 e. The van der Waals surface area contributed by atoms with Crippen LogP contribution in [0.3, 0.4) is 0 Å². The number of halogens is 3. The summed E-state index contributed by atoms with van der Waals surface area (Å²) < 4.78 is 58.9. The van der Waals surface area contributed by atoms with Gasteiger partial charge in [-0.05, 0) is 19.3 Å². The highest BCUT2D eigenvalue weighted by Gasteiger charge is 2.36. The van der Waals surface area contributed by atoms with Crippen molar-refractivity contribution in [2.75, 3.05) is 13.1 Å². The molecule has 0 aliphatic carbocycles. The molecule has 134 valence electrons. The van der Waals surface area contributed by atoms with E-state index in [9.17, 15) is 13.2 Å². The second-order valence-corrected chi connectivity index (χ2v) is 7.09. The van der Waals surface area contributed by atoms with E-state index in [-0.39, 0.29) is 0 Å². The minimum Gasteiger partial charge on any atom is -0.741 e. The molecule has 1 aliphatic rings. The van der Waals surface area contributed by atoms with Gasteiger partial charge in [0, 0.05) is 12.8 Å². The van der Waals surface area contributed by atoms with Gasteiger partial charge in [0.1, 0.15) is 0 Å². The number of likely N-dealkylation sites (tertiary alicyclic amines) is 1. The number of rotatable bonds is 7. The third-order valence-corrected chi connectivity index (χ3v) is 4.57. The molecule has 22 heavy (non-hydrogen) atoms. The summed E-state index contributed by atoms with van der Waals surface area (Å²) in [7, 11) is -6.09. The fourth-order valence-corrected chi connectivity index (χ4v) is 2.76. The summed E-state index contributed by atoms with van der Waals surface area (Å²) in [5.74, 6) is 0. The van der Waals surface area contributed by atoms with Gasteiger partial charge in [0.15, 0.2) is 10.1 Å². The van der Waals surface area contributed by atoms with Crippen LogP contribution in [0.15, 0.2) is 0 Å². The molecule has 1 saturated heterocycles. The van der Waals surface area contributed by atoms with Crippen LogP contribution in [0.25, 0.3) is 0 Å². The first-order valence-corrected chi connectivity index (χ1v) is 9.41. The van der Waals surface area contributed by atoms with Crippen molar-refractivity contribution in [2.24, 2.45) is 0 Å². The standard InChI is InChI=1S/C13H27N.CHF3O3S/c1-3-5-6-7-8-11-14-12-9-10-13(14)4-2;2-1(3,4)8(5,6)7/h13H,3-12H2,1-2H3;(H,5,6,7). The van der Waals surface area contributed by atoms with Crippen LogP contribution in [0.2, 0.25) is 0 Å². The Hall–Kier alpha value is -0.340. The van der Waals surface area contributed by atoms with Crippen LogP contribution in [-0.2, 0) is 10.1 Å². The molecule has 1 aliphatic heterocycles. The van der Waals surface area contributed by atoms with Gasteiger partial charge in [0.05, 0.1) is 19.1 Å². The lowest BCUT2D eigenvalue weighted by Gasteiger charge is -2.20. The predicted octanol–water partition coefficient (Wildman–Crippen LogP) is 2.47. The highest BCUT2D eigenvalue weighted by atomic mass is 32.2. The lowest BCUT2D eigenvalue weighted by atomic mass is 10.1. The summed E-state index contributed by atoms with van der Waals surface area (Å²) in [5, 5.41) is 0. The second kappa shape index (κ2) is 10.4. The molecule has 4 nitrogen and oxygen atoms in total. The van der Waals surface area contributed by atoms with Crippen LogP contribution in [-0.4, -0.2) is 37.6 Å². The van der Waals surface area contributed by atoms with Crippen molar-refractivity contribution in [3.63, 3.8) is 0 Å². The van der Waals surface area contributed by atoms with Crippen molar-refractivity contribution < 1.29 is 31.0 Å². The minimum atomic E-state index is -6.09. The van der Waals surface area contributed by atoms with Gasteiger partial charge in [0.2, 0.25) is 0 Å². The zero-order valence-corrected chi connectivity index (χ0v) is 14.2. The zero-order valence-electron chi connectivity index (χ0n) is 13.4. The van der Waals surface area contributed by atoms with Gasteiger partial charge >= 0.3 is 5.51 Å². The maximum absolute atomic E-state index is 10.7. The Labute approximate surface area is 131 Å². The van der Waals surface area contributed by atoms with Crippen molar-refractivity contribution in [2.45, 2.75) is 76.8 Å². The predicted molar refractivity (Wildman–Crippen MR) is 78.5 cm³/mol. The van der Waals surface area contributed by atoms with Gasteiger partial charge in [0.25, 0.3) is 0 Å². The quantitative estimate of drug-likeness (QED) is 0.437. The Morgan fingerprint density at radius 1 is 1.14 bits per heavy atom. The van der Waals surface area contributed by atoms with Crippen molar-refractivity contribution in [3.05, 3.63) is 0 Å². The third kappa shape index (κ3) is 8.95. The molecule has 1 fully saturated rings. The Bertz CT molecular complexity index is 385. The summed E-state index contributed by atoms with van der Waals surface area (Å²) in [6, 6.07) is 1.00. The molecule has 8 heteroatoms. The van der Waals surface area contributed by atoms with E-state index >= 15 is 0 Å².